The lowest BCUT2D eigenvalue weighted by Crippen LogP contribution is -2.62. The fraction of sp³-hybridized carbons (Fsp3) is 0.565. The van der Waals surface area contributed by atoms with Crippen LogP contribution >= 0.6 is 11.3 Å². The molecule has 14 nitrogen and oxygen atoms in total. The van der Waals surface area contributed by atoms with Crippen molar-refractivity contribution in [3.63, 3.8) is 0 Å². The average Bonchev–Trinajstić information content (AvgIpc) is 3.82. The summed E-state index contributed by atoms with van der Waals surface area (Å²) in [5.41, 5.74) is 9.38. The highest BCUT2D eigenvalue weighted by atomic mass is 32.1. The number of thiazole rings is 1. The molecule has 4 atom stereocenters. The van der Waals surface area contributed by atoms with Gasteiger partial charge in [0, 0.05) is 86.3 Å². The van der Waals surface area contributed by atoms with Crippen molar-refractivity contribution in [2.24, 2.45) is 17.3 Å². The predicted octanol–water partition coefficient (Wildman–Crippen LogP) is 6.87. The highest BCUT2D eigenvalue weighted by Gasteiger charge is 2.38. The topological polar surface area (TPSA) is 151 Å². The van der Waals surface area contributed by atoms with E-state index in [4.69, 9.17) is 19.4 Å². The molecule has 1 fully saturated rings. The van der Waals surface area contributed by atoms with Gasteiger partial charge in [-0.05, 0) is 74.8 Å². The zero-order valence-corrected chi connectivity index (χ0v) is 38.5. The summed E-state index contributed by atoms with van der Waals surface area (Å²) in [6.07, 6.45) is 3.30. The number of hydrogen-bond acceptors (Lipinski definition) is 10. The Labute approximate surface area is 364 Å². The molecule has 330 valence electrons. The molecule has 4 amide bonds. The smallest absolute Gasteiger partial charge is 0.324 e. The maximum Gasteiger partial charge on any atom is 0.324 e. The number of rotatable bonds is 10. The maximum atomic E-state index is 14.5. The van der Waals surface area contributed by atoms with E-state index in [1.54, 1.807) is 32.3 Å². The van der Waals surface area contributed by atoms with Crippen LogP contribution in [0.3, 0.4) is 0 Å². The van der Waals surface area contributed by atoms with E-state index in [-0.39, 0.29) is 37.0 Å². The maximum absolute atomic E-state index is 14.5. The minimum absolute atomic E-state index is 0.109. The van der Waals surface area contributed by atoms with E-state index in [1.165, 1.54) is 21.2 Å². The van der Waals surface area contributed by atoms with Crippen LogP contribution in [0.5, 0.6) is 0 Å². The number of pyridine rings is 1. The standard InChI is InChI=1S/C46H64N8O6S/c1-12-53-37-18-17-30-21-32(37)33(41(53)31-15-13-19-47-39(31)29(6)59-11)23-46(7,8)26-60-44(57)34-16-14-20-54(50-34)43(56)35(22-38-48-36(30)25-61-38)49-42(55)40(28(4)5)52(10)45(58)51(9)24-27(2)3/h13,15,17-19,21,25,27-29,34-35,40,50H,12,14,16,20,22-24,26H2,1-11H3,(H,49,55)/t29-,34-,35-,40-/m0/s1. The van der Waals surface area contributed by atoms with Crippen LogP contribution in [0.25, 0.3) is 33.4 Å². The number of urea groups is 1. The van der Waals surface area contributed by atoms with Crippen LogP contribution in [0.2, 0.25) is 0 Å². The summed E-state index contributed by atoms with van der Waals surface area (Å²) in [7, 11) is 5.04. The van der Waals surface area contributed by atoms with Crippen LogP contribution in [-0.2, 0) is 43.2 Å². The second kappa shape index (κ2) is 19.0. The number of hydrazine groups is 1. The van der Waals surface area contributed by atoms with Gasteiger partial charge in [0.2, 0.25) is 5.91 Å². The lowest BCUT2D eigenvalue weighted by molar-refractivity contribution is -0.155. The fourth-order valence-electron chi connectivity index (χ4n) is 8.76. The van der Waals surface area contributed by atoms with Crippen molar-refractivity contribution < 1.29 is 28.7 Å². The average molecular weight is 857 g/mol. The van der Waals surface area contributed by atoms with Gasteiger partial charge in [0.15, 0.2) is 0 Å². The third-order valence-electron chi connectivity index (χ3n) is 11.7. The Hall–Kier alpha value is -4.86. The summed E-state index contributed by atoms with van der Waals surface area (Å²) < 4.78 is 14.2. The Morgan fingerprint density at radius 3 is 2.57 bits per heavy atom. The largest absolute Gasteiger partial charge is 0.464 e. The van der Waals surface area contributed by atoms with Gasteiger partial charge in [-0.25, -0.2) is 15.2 Å². The number of nitrogens with one attached hydrogen (secondary N) is 2. The lowest BCUT2D eigenvalue weighted by Gasteiger charge is -2.37. The molecule has 2 aliphatic heterocycles. The Kier molecular flexibility index (Phi) is 14.3. The zero-order chi connectivity index (χ0) is 44.3. The minimum atomic E-state index is -1.04. The molecule has 1 aromatic carbocycles. The third kappa shape index (κ3) is 9.94. The molecule has 0 unspecified atom stereocenters. The van der Waals surface area contributed by atoms with Crippen molar-refractivity contribution in [2.45, 2.75) is 112 Å². The number of carbonyl (C=O) groups is 4. The van der Waals surface area contributed by atoms with E-state index in [1.807, 2.05) is 46.1 Å². The Bertz CT molecular complexity index is 2230. The van der Waals surface area contributed by atoms with Gasteiger partial charge in [0.1, 0.15) is 18.1 Å². The van der Waals surface area contributed by atoms with Gasteiger partial charge in [0.05, 0.1) is 34.8 Å². The molecule has 0 saturated carbocycles. The van der Waals surface area contributed by atoms with Crippen LogP contribution in [0.1, 0.15) is 90.6 Å². The van der Waals surface area contributed by atoms with E-state index >= 15 is 0 Å². The van der Waals surface area contributed by atoms with Gasteiger partial charge in [-0.1, -0.05) is 47.6 Å². The Balaban J connectivity index is 1.44. The van der Waals surface area contributed by atoms with E-state index in [2.05, 4.69) is 60.3 Å². The molecular weight excluding hydrogens is 793 g/mol. The second-order valence-electron chi connectivity index (χ2n) is 18.1. The molecule has 0 radical (unpaired) electrons. The van der Waals surface area contributed by atoms with Crippen molar-refractivity contribution in [3.05, 3.63) is 58.2 Å². The summed E-state index contributed by atoms with van der Waals surface area (Å²) in [6, 6.07) is 7.52. The van der Waals surface area contributed by atoms with Gasteiger partial charge >= 0.3 is 12.0 Å². The predicted molar refractivity (Wildman–Crippen MR) is 239 cm³/mol. The van der Waals surface area contributed by atoms with Crippen molar-refractivity contribution in [2.75, 3.05) is 40.9 Å². The van der Waals surface area contributed by atoms with Gasteiger partial charge in [-0.2, -0.15) is 0 Å². The molecule has 6 bridgehead atoms. The minimum Gasteiger partial charge on any atom is -0.464 e. The summed E-state index contributed by atoms with van der Waals surface area (Å²) in [5, 5.41) is 8.18. The number of aromatic nitrogens is 3. The zero-order valence-electron chi connectivity index (χ0n) is 37.7. The third-order valence-corrected chi connectivity index (χ3v) is 12.6. The van der Waals surface area contributed by atoms with E-state index in [0.29, 0.717) is 43.9 Å². The Morgan fingerprint density at radius 2 is 1.89 bits per heavy atom. The molecule has 2 N–H and O–H groups in total. The number of aryl methyl sites for hydroxylation is 1. The van der Waals surface area contributed by atoms with Crippen LogP contribution in [0.4, 0.5) is 4.79 Å². The highest BCUT2D eigenvalue weighted by molar-refractivity contribution is 7.10. The second-order valence-corrected chi connectivity index (χ2v) is 19.1. The van der Waals surface area contributed by atoms with E-state index in [0.717, 1.165) is 44.7 Å². The number of cyclic esters (lactones) is 1. The first-order chi connectivity index (χ1) is 28.9. The number of likely N-dealkylation sites (N-methyl/N-ethyl adjacent to an activating group) is 1. The molecule has 15 heteroatoms. The fourth-order valence-corrected chi connectivity index (χ4v) is 9.61. The number of carbonyl (C=O) groups excluding carboxylic acids is 4. The van der Waals surface area contributed by atoms with Gasteiger partial charge in [-0.15, -0.1) is 11.3 Å². The molecule has 1 saturated heterocycles. The SMILES string of the molecule is CCn1c(-c2cccnc2[C@H](C)OC)c2c3cc(ccc31)-c1csc(n1)C[C@H](NC(=O)[C@H](C(C)C)N(C)C(=O)N(C)CC(C)C)C(=O)N1CCC[C@H](N1)C(=O)OCC(C)(C)C2. The summed E-state index contributed by atoms with van der Waals surface area (Å²) >= 11 is 1.43. The number of ether oxygens (including phenoxy) is 2. The molecule has 61 heavy (non-hydrogen) atoms. The molecule has 4 aromatic rings. The van der Waals surface area contributed by atoms with Gasteiger partial charge in [-0.3, -0.25) is 24.4 Å². The first kappa shape index (κ1) is 45.7. The monoisotopic (exact) mass is 856 g/mol. The van der Waals surface area contributed by atoms with E-state index < -0.39 is 41.3 Å². The number of nitrogens with zero attached hydrogens (tertiary/aromatic N) is 6. The quantitative estimate of drug-likeness (QED) is 0.163. The van der Waals surface area contributed by atoms with Crippen LogP contribution < -0.4 is 10.7 Å². The number of methoxy groups -OCH3 is 1. The summed E-state index contributed by atoms with van der Waals surface area (Å²) in [4.78, 5) is 69.1. The van der Waals surface area contributed by atoms with Gasteiger partial charge < -0.3 is 29.2 Å². The number of hydrogen-bond donors (Lipinski definition) is 2. The molecule has 5 heterocycles. The van der Waals surface area contributed by atoms with Crippen molar-refractivity contribution in [1.82, 2.24) is 40.1 Å². The summed E-state index contributed by atoms with van der Waals surface area (Å²) in [6.45, 7) is 17.9. The van der Waals surface area contributed by atoms with Crippen LogP contribution in [-0.4, -0.2) is 112 Å². The highest BCUT2D eigenvalue weighted by Crippen LogP contribution is 2.42. The van der Waals surface area contributed by atoms with E-state index in [9.17, 15) is 19.2 Å². The molecule has 0 aliphatic carbocycles. The number of amides is 4. The number of esters is 1. The molecule has 0 spiro atoms. The number of fused-ring (bicyclic) bond motifs is 6. The van der Waals surface area contributed by atoms with Gasteiger partial charge in [0.25, 0.3) is 5.91 Å². The summed E-state index contributed by atoms with van der Waals surface area (Å²) in [5.74, 6) is -1.29. The molecule has 3 aromatic heterocycles. The van der Waals surface area contributed by atoms with Crippen molar-refractivity contribution >= 4 is 46.1 Å². The van der Waals surface area contributed by atoms with Crippen LogP contribution in [0, 0.1) is 17.3 Å². The number of benzene rings is 1. The molecular formula is C46H64N8O6S. The lowest BCUT2D eigenvalue weighted by atomic mass is 9.84. The Morgan fingerprint density at radius 1 is 1.13 bits per heavy atom. The molecule has 2 aliphatic rings. The first-order valence-electron chi connectivity index (χ1n) is 21.5. The van der Waals surface area contributed by atoms with Crippen molar-refractivity contribution in [3.8, 4) is 22.5 Å². The first-order valence-corrected chi connectivity index (χ1v) is 22.4. The van der Waals surface area contributed by atoms with Crippen LogP contribution in [0.15, 0.2) is 41.9 Å². The normalized spacial score (nSPS) is 19.4. The molecule has 6 rings (SSSR count). The van der Waals surface area contributed by atoms with Crippen molar-refractivity contribution in [1.29, 1.82) is 0 Å².